The Morgan fingerprint density at radius 1 is 0.905 bits per heavy atom. The summed E-state index contributed by atoms with van der Waals surface area (Å²) in [5, 5.41) is 0. The molecule has 2 N–H and O–H groups in total. The smallest absolute Gasteiger partial charge is 0.0551 e. The fourth-order valence-corrected chi connectivity index (χ4v) is 2.98. The maximum atomic E-state index is 6.39. The molecule has 0 aromatic heterocycles. The maximum Gasteiger partial charge on any atom is 0.0551 e. The monoisotopic (exact) mass is 299 g/mol. The van der Waals surface area contributed by atoms with Crippen LogP contribution < -0.4 is 5.73 Å². The zero-order chi connectivity index (χ0) is 15.5. The first-order valence-electron chi connectivity index (χ1n) is 7.50. The lowest BCUT2D eigenvalue weighted by molar-refractivity contribution is 0.589. The molecule has 0 saturated heterocycles. The van der Waals surface area contributed by atoms with Gasteiger partial charge in [-0.25, -0.2) is 0 Å². The Hall–Kier alpha value is -1.25. The molecule has 0 spiro atoms. The van der Waals surface area contributed by atoms with E-state index in [-0.39, 0.29) is 11.5 Å². The van der Waals surface area contributed by atoms with Gasteiger partial charge in [-0.2, -0.15) is 0 Å². The Morgan fingerprint density at radius 3 is 1.81 bits per heavy atom. The van der Waals surface area contributed by atoms with E-state index in [0.717, 1.165) is 5.75 Å². The van der Waals surface area contributed by atoms with Crippen molar-refractivity contribution in [2.24, 2.45) is 5.73 Å². The van der Waals surface area contributed by atoms with Crippen LogP contribution >= 0.6 is 11.8 Å². The van der Waals surface area contributed by atoms with E-state index < -0.39 is 0 Å². The summed E-state index contributed by atoms with van der Waals surface area (Å²) < 4.78 is 0. The van der Waals surface area contributed by atoms with Crippen molar-refractivity contribution in [3.05, 3.63) is 65.2 Å². The second-order valence-electron chi connectivity index (χ2n) is 6.35. The van der Waals surface area contributed by atoms with Crippen molar-refractivity contribution in [2.45, 2.75) is 44.0 Å². The van der Waals surface area contributed by atoms with Gasteiger partial charge in [0.15, 0.2) is 0 Å². The Balaban J connectivity index is 2.17. The average Bonchev–Trinajstić information content (AvgIpc) is 2.47. The van der Waals surface area contributed by atoms with Gasteiger partial charge in [-0.05, 0) is 40.0 Å². The minimum Gasteiger partial charge on any atom is -0.320 e. The van der Waals surface area contributed by atoms with Crippen LogP contribution in [0.4, 0.5) is 0 Å². The van der Waals surface area contributed by atoms with Gasteiger partial charge in [0, 0.05) is 4.90 Å². The summed E-state index contributed by atoms with van der Waals surface area (Å²) in [6.07, 6.45) is 0. The van der Waals surface area contributed by atoms with Crippen molar-refractivity contribution in [1.29, 1.82) is 0 Å². The topological polar surface area (TPSA) is 26.0 Å². The molecule has 0 radical (unpaired) electrons. The third-order valence-electron chi connectivity index (χ3n) is 3.69. The third kappa shape index (κ3) is 4.12. The Morgan fingerprint density at radius 2 is 1.38 bits per heavy atom. The van der Waals surface area contributed by atoms with Gasteiger partial charge in [0.2, 0.25) is 0 Å². The van der Waals surface area contributed by atoms with E-state index in [1.54, 1.807) is 0 Å². The van der Waals surface area contributed by atoms with Crippen LogP contribution in [0, 0.1) is 0 Å². The van der Waals surface area contributed by atoms with Gasteiger partial charge in [0.1, 0.15) is 0 Å². The normalized spacial score (nSPS) is 13.2. The summed E-state index contributed by atoms with van der Waals surface area (Å²) >= 11 is 1.86. The maximum absolute atomic E-state index is 6.39. The molecule has 0 fully saturated rings. The quantitative estimate of drug-likeness (QED) is 0.791. The molecule has 1 nitrogen and oxygen atoms in total. The van der Waals surface area contributed by atoms with E-state index in [0.29, 0.717) is 0 Å². The third-order valence-corrected chi connectivity index (χ3v) is 4.58. The summed E-state index contributed by atoms with van der Waals surface area (Å²) in [7, 11) is 0. The van der Waals surface area contributed by atoms with Crippen LogP contribution in [-0.4, -0.2) is 5.75 Å². The molecular weight excluding hydrogens is 274 g/mol. The number of hydrogen-bond acceptors (Lipinski definition) is 2. The van der Waals surface area contributed by atoms with Gasteiger partial charge in [-0.15, -0.1) is 11.8 Å². The molecule has 0 bridgehead atoms. The zero-order valence-corrected chi connectivity index (χ0v) is 14.2. The minimum atomic E-state index is -0.0558. The number of nitrogens with two attached hydrogens (primary N) is 1. The molecule has 0 aliphatic heterocycles. The minimum absolute atomic E-state index is 0.0558. The summed E-state index contributed by atoms with van der Waals surface area (Å²) in [5.74, 6) is 1.10. The molecule has 2 aromatic carbocycles. The van der Waals surface area contributed by atoms with Gasteiger partial charge < -0.3 is 5.73 Å². The second-order valence-corrected chi connectivity index (χ2v) is 7.69. The first kappa shape index (κ1) is 16.1. The van der Waals surface area contributed by atoms with Crippen LogP contribution in [0.2, 0.25) is 0 Å². The van der Waals surface area contributed by atoms with Crippen molar-refractivity contribution in [2.75, 3.05) is 5.75 Å². The molecule has 0 amide bonds. The number of thioether (sulfide) groups is 1. The summed E-state index contributed by atoms with van der Waals surface area (Å²) in [6, 6.07) is 17.2. The molecular formula is C19H25NS. The molecule has 2 heteroatoms. The van der Waals surface area contributed by atoms with E-state index in [1.807, 2.05) is 11.8 Å². The van der Waals surface area contributed by atoms with E-state index in [1.165, 1.54) is 21.6 Å². The first-order chi connectivity index (χ1) is 9.91. The molecule has 1 atom stereocenters. The highest BCUT2D eigenvalue weighted by Crippen LogP contribution is 2.26. The fourth-order valence-electron chi connectivity index (χ4n) is 2.32. The lowest BCUT2D eigenvalue weighted by atomic mass is 9.86. The van der Waals surface area contributed by atoms with Crippen LogP contribution in [0.5, 0.6) is 0 Å². The molecule has 0 heterocycles. The van der Waals surface area contributed by atoms with Crippen LogP contribution in [0.25, 0.3) is 0 Å². The molecule has 0 aliphatic carbocycles. The highest BCUT2D eigenvalue weighted by atomic mass is 32.2. The lowest BCUT2D eigenvalue weighted by Gasteiger charge is -2.20. The van der Waals surface area contributed by atoms with Gasteiger partial charge in [0.05, 0.1) is 6.04 Å². The predicted molar refractivity (Wildman–Crippen MR) is 94.0 cm³/mol. The van der Waals surface area contributed by atoms with Crippen molar-refractivity contribution in [3.63, 3.8) is 0 Å². The van der Waals surface area contributed by atoms with Crippen LogP contribution in [0.1, 0.15) is 50.4 Å². The van der Waals surface area contributed by atoms with Crippen LogP contribution in [0.15, 0.2) is 53.4 Å². The largest absolute Gasteiger partial charge is 0.320 e. The van der Waals surface area contributed by atoms with Gasteiger partial charge >= 0.3 is 0 Å². The van der Waals surface area contributed by atoms with Crippen molar-refractivity contribution in [1.82, 2.24) is 0 Å². The summed E-state index contributed by atoms with van der Waals surface area (Å²) in [5.41, 5.74) is 10.2. The number of benzene rings is 2. The van der Waals surface area contributed by atoms with Crippen molar-refractivity contribution in [3.8, 4) is 0 Å². The molecule has 21 heavy (non-hydrogen) atoms. The summed E-state index contributed by atoms with van der Waals surface area (Å²) in [6.45, 7) is 8.85. The molecule has 0 aliphatic rings. The molecule has 2 rings (SSSR count). The predicted octanol–water partition coefficient (Wildman–Crippen LogP) is 5.14. The van der Waals surface area contributed by atoms with Crippen molar-refractivity contribution < 1.29 is 0 Å². The van der Waals surface area contributed by atoms with Gasteiger partial charge in [-0.3, -0.25) is 0 Å². The highest BCUT2D eigenvalue weighted by Gasteiger charge is 2.14. The standard InChI is InChI=1S/C19H25NS/c1-5-21-17-12-8-15(9-13-17)18(20)14-6-10-16(11-7-14)19(2,3)4/h6-13,18H,5,20H2,1-4H3. The second kappa shape index (κ2) is 6.67. The summed E-state index contributed by atoms with van der Waals surface area (Å²) in [4.78, 5) is 1.30. The lowest BCUT2D eigenvalue weighted by Crippen LogP contribution is -2.14. The molecule has 1 unspecified atom stereocenters. The zero-order valence-electron chi connectivity index (χ0n) is 13.4. The van der Waals surface area contributed by atoms with E-state index in [9.17, 15) is 0 Å². The highest BCUT2D eigenvalue weighted by molar-refractivity contribution is 7.99. The van der Waals surface area contributed by atoms with Crippen LogP contribution in [-0.2, 0) is 5.41 Å². The number of rotatable bonds is 4. The van der Waals surface area contributed by atoms with Gasteiger partial charge in [0.25, 0.3) is 0 Å². The SMILES string of the molecule is CCSc1ccc(C(N)c2ccc(C(C)(C)C)cc2)cc1. The first-order valence-corrected chi connectivity index (χ1v) is 8.49. The average molecular weight is 299 g/mol. The van der Waals surface area contributed by atoms with Crippen LogP contribution in [0.3, 0.4) is 0 Å². The Bertz CT molecular complexity index is 564. The number of hydrogen-bond donors (Lipinski definition) is 1. The molecule has 112 valence electrons. The molecule has 0 saturated carbocycles. The Kier molecular flexibility index (Phi) is 5.13. The van der Waals surface area contributed by atoms with Gasteiger partial charge in [-0.1, -0.05) is 64.1 Å². The van der Waals surface area contributed by atoms with E-state index in [2.05, 4.69) is 76.2 Å². The van der Waals surface area contributed by atoms with E-state index in [4.69, 9.17) is 5.73 Å². The van der Waals surface area contributed by atoms with E-state index >= 15 is 0 Å². The molecule has 2 aromatic rings. The van der Waals surface area contributed by atoms with Crippen molar-refractivity contribution >= 4 is 11.8 Å². The Labute approximate surface area is 133 Å². The fraction of sp³-hybridized carbons (Fsp3) is 0.368.